The number of carbonyl (C=O) groups is 1. The number of nitrogens with zero attached hydrogens (tertiary/aromatic N) is 2. The van der Waals surface area contributed by atoms with Gasteiger partial charge < -0.3 is 4.90 Å². The SMILES string of the molecule is CCCc1cc(C(=O)N(CC)C2CCCCC2)cc(Cl)n1. The van der Waals surface area contributed by atoms with Crippen LogP contribution in [-0.2, 0) is 6.42 Å². The molecular formula is C17H25ClN2O. The summed E-state index contributed by atoms with van der Waals surface area (Å²) >= 11 is 6.08. The van der Waals surface area contributed by atoms with E-state index in [0.29, 0.717) is 16.8 Å². The summed E-state index contributed by atoms with van der Waals surface area (Å²) in [5.74, 6) is 0.103. The highest BCUT2D eigenvalue weighted by Gasteiger charge is 2.25. The number of halogens is 1. The van der Waals surface area contributed by atoms with E-state index in [1.54, 1.807) is 6.07 Å². The van der Waals surface area contributed by atoms with Gasteiger partial charge in [0.25, 0.3) is 5.91 Å². The molecule has 3 nitrogen and oxygen atoms in total. The Morgan fingerprint density at radius 1 is 1.29 bits per heavy atom. The van der Waals surface area contributed by atoms with Crippen molar-refractivity contribution < 1.29 is 4.79 Å². The van der Waals surface area contributed by atoms with Gasteiger partial charge in [0.15, 0.2) is 0 Å². The van der Waals surface area contributed by atoms with Crippen molar-refractivity contribution in [1.82, 2.24) is 9.88 Å². The second kappa shape index (κ2) is 7.79. The quantitative estimate of drug-likeness (QED) is 0.751. The molecule has 4 heteroatoms. The summed E-state index contributed by atoms with van der Waals surface area (Å²) in [7, 11) is 0. The largest absolute Gasteiger partial charge is 0.336 e. The number of hydrogen-bond acceptors (Lipinski definition) is 2. The molecule has 0 atom stereocenters. The van der Waals surface area contributed by atoms with Gasteiger partial charge in [0.2, 0.25) is 0 Å². The van der Waals surface area contributed by atoms with Crippen molar-refractivity contribution in [2.24, 2.45) is 0 Å². The van der Waals surface area contributed by atoms with Gasteiger partial charge in [0.05, 0.1) is 0 Å². The van der Waals surface area contributed by atoms with Crippen LogP contribution in [0.1, 0.15) is 68.4 Å². The van der Waals surface area contributed by atoms with Crippen LogP contribution in [-0.4, -0.2) is 28.4 Å². The highest BCUT2D eigenvalue weighted by atomic mass is 35.5. The first kappa shape index (κ1) is 16.3. The van der Waals surface area contributed by atoms with E-state index in [2.05, 4.69) is 18.8 Å². The summed E-state index contributed by atoms with van der Waals surface area (Å²) in [6.45, 7) is 4.92. The average molecular weight is 309 g/mol. The number of pyridine rings is 1. The molecule has 116 valence electrons. The van der Waals surface area contributed by atoms with Gasteiger partial charge in [-0.1, -0.05) is 44.2 Å². The van der Waals surface area contributed by atoms with E-state index in [1.807, 2.05) is 11.0 Å². The van der Waals surface area contributed by atoms with Crippen molar-refractivity contribution in [3.05, 3.63) is 28.5 Å². The molecule has 1 fully saturated rings. The van der Waals surface area contributed by atoms with Crippen LogP contribution in [0.3, 0.4) is 0 Å². The van der Waals surface area contributed by atoms with E-state index in [1.165, 1.54) is 19.3 Å². The van der Waals surface area contributed by atoms with Crippen molar-refractivity contribution in [3.63, 3.8) is 0 Å². The highest BCUT2D eigenvalue weighted by Crippen LogP contribution is 2.24. The van der Waals surface area contributed by atoms with Crippen LogP contribution in [0, 0.1) is 0 Å². The number of carbonyl (C=O) groups excluding carboxylic acids is 1. The molecule has 2 rings (SSSR count). The Morgan fingerprint density at radius 2 is 2.00 bits per heavy atom. The first-order valence-corrected chi connectivity index (χ1v) is 8.51. The van der Waals surface area contributed by atoms with Gasteiger partial charge >= 0.3 is 0 Å². The molecule has 0 bridgehead atoms. The van der Waals surface area contributed by atoms with Crippen molar-refractivity contribution in [1.29, 1.82) is 0 Å². The van der Waals surface area contributed by atoms with Gasteiger partial charge in [-0.2, -0.15) is 0 Å². The molecule has 0 N–H and O–H groups in total. The molecule has 1 saturated carbocycles. The molecule has 1 aromatic rings. The first-order valence-electron chi connectivity index (χ1n) is 8.13. The molecule has 21 heavy (non-hydrogen) atoms. The lowest BCUT2D eigenvalue weighted by Gasteiger charge is -2.33. The zero-order valence-electron chi connectivity index (χ0n) is 13.1. The summed E-state index contributed by atoms with van der Waals surface area (Å²) < 4.78 is 0. The van der Waals surface area contributed by atoms with Crippen molar-refractivity contribution in [2.45, 2.75) is 64.8 Å². The first-order chi connectivity index (χ1) is 10.2. The summed E-state index contributed by atoms with van der Waals surface area (Å²) in [6.07, 6.45) is 7.86. The Labute approximate surface area is 132 Å². The minimum Gasteiger partial charge on any atom is -0.336 e. The third kappa shape index (κ3) is 4.19. The maximum absolute atomic E-state index is 12.8. The molecule has 0 saturated heterocycles. The minimum atomic E-state index is 0.103. The van der Waals surface area contributed by atoms with Crippen LogP contribution < -0.4 is 0 Å². The molecule has 1 aliphatic carbocycles. The zero-order valence-corrected chi connectivity index (χ0v) is 13.8. The summed E-state index contributed by atoms with van der Waals surface area (Å²) in [4.78, 5) is 19.1. The molecule has 1 aliphatic rings. The fourth-order valence-corrected chi connectivity index (χ4v) is 3.41. The van der Waals surface area contributed by atoms with Crippen LogP contribution in [0.4, 0.5) is 0 Å². The lowest BCUT2D eigenvalue weighted by molar-refractivity contribution is 0.0647. The fraction of sp³-hybridized carbons (Fsp3) is 0.647. The Bertz CT molecular complexity index is 484. The van der Waals surface area contributed by atoms with E-state index in [9.17, 15) is 4.79 Å². The van der Waals surface area contributed by atoms with Gasteiger partial charge in [-0.25, -0.2) is 4.98 Å². The lowest BCUT2D eigenvalue weighted by atomic mass is 9.93. The van der Waals surface area contributed by atoms with Gasteiger partial charge in [-0.05, 0) is 38.3 Å². The maximum atomic E-state index is 12.8. The second-order valence-corrected chi connectivity index (χ2v) is 6.19. The predicted molar refractivity (Wildman–Crippen MR) is 86.8 cm³/mol. The molecule has 1 heterocycles. The minimum absolute atomic E-state index is 0.103. The predicted octanol–water partition coefficient (Wildman–Crippen LogP) is 4.48. The molecule has 1 aromatic heterocycles. The van der Waals surface area contributed by atoms with Crippen molar-refractivity contribution in [2.75, 3.05) is 6.54 Å². The smallest absolute Gasteiger partial charge is 0.254 e. The Balaban J connectivity index is 2.20. The second-order valence-electron chi connectivity index (χ2n) is 5.80. The summed E-state index contributed by atoms with van der Waals surface area (Å²) in [6, 6.07) is 4.00. The molecule has 0 unspecified atom stereocenters. The van der Waals surface area contributed by atoms with E-state index in [4.69, 9.17) is 11.6 Å². The number of rotatable bonds is 5. The van der Waals surface area contributed by atoms with E-state index < -0.39 is 0 Å². The molecule has 0 aromatic carbocycles. The number of aromatic nitrogens is 1. The number of aryl methyl sites for hydroxylation is 1. The Kier molecular flexibility index (Phi) is 6.04. The number of hydrogen-bond donors (Lipinski definition) is 0. The van der Waals surface area contributed by atoms with Crippen LogP contribution >= 0.6 is 11.6 Å². The molecular weight excluding hydrogens is 284 g/mol. The third-order valence-corrected chi connectivity index (χ3v) is 4.41. The Hall–Kier alpha value is -1.09. The van der Waals surface area contributed by atoms with Crippen LogP contribution in [0.2, 0.25) is 5.15 Å². The lowest BCUT2D eigenvalue weighted by Crippen LogP contribution is -2.41. The highest BCUT2D eigenvalue weighted by molar-refractivity contribution is 6.29. The molecule has 1 amide bonds. The van der Waals surface area contributed by atoms with Crippen LogP contribution in [0.25, 0.3) is 0 Å². The summed E-state index contributed by atoms with van der Waals surface area (Å²) in [5, 5.41) is 0.420. The van der Waals surface area contributed by atoms with Gasteiger partial charge in [-0.15, -0.1) is 0 Å². The summed E-state index contributed by atoms with van der Waals surface area (Å²) in [5.41, 5.74) is 1.60. The Morgan fingerprint density at radius 3 is 2.62 bits per heavy atom. The third-order valence-electron chi connectivity index (χ3n) is 4.22. The monoisotopic (exact) mass is 308 g/mol. The van der Waals surface area contributed by atoms with Gasteiger partial charge in [0.1, 0.15) is 5.15 Å². The topological polar surface area (TPSA) is 33.2 Å². The molecule has 0 spiro atoms. The van der Waals surface area contributed by atoms with Crippen molar-refractivity contribution >= 4 is 17.5 Å². The zero-order chi connectivity index (χ0) is 15.2. The van der Waals surface area contributed by atoms with Crippen LogP contribution in [0.15, 0.2) is 12.1 Å². The molecule has 0 aliphatic heterocycles. The standard InChI is InChI=1S/C17H25ClN2O/c1-3-8-14-11-13(12-16(18)19-14)17(21)20(4-2)15-9-6-5-7-10-15/h11-12,15H,3-10H2,1-2H3. The van der Waals surface area contributed by atoms with E-state index >= 15 is 0 Å². The van der Waals surface area contributed by atoms with E-state index in [0.717, 1.165) is 37.9 Å². The normalized spacial score (nSPS) is 16.0. The van der Waals surface area contributed by atoms with Crippen molar-refractivity contribution in [3.8, 4) is 0 Å². The van der Waals surface area contributed by atoms with Gasteiger partial charge in [0, 0.05) is 23.8 Å². The molecule has 0 radical (unpaired) electrons. The van der Waals surface area contributed by atoms with Crippen LogP contribution in [0.5, 0.6) is 0 Å². The maximum Gasteiger partial charge on any atom is 0.254 e. The van der Waals surface area contributed by atoms with E-state index in [-0.39, 0.29) is 5.91 Å². The number of amides is 1. The average Bonchev–Trinajstić information content (AvgIpc) is 2.49. The fourth-order valence-electron chi connectivity index (χ4n) is 3.19. The van der Waals surface area contributed by atoms with Gasteiger partial charge in [-0.3, -0.25) is 4.79 Å².